The minimum Gasteiger partial charge on any atom is -0.338 e. The van der Waals surface area contributed by atoms with Crippen LogP contribution in [-0.4, -0.2) is 76.9 Å². The predicted octanol–water partition coefficient (Wildman–Crippen LogP) is 2.63. The maximum absolute atomic E-state index is 13.8. The van der Waals surface area contributed by atoms with Crippen LogP contribution in [0.3, 0.4) is 0 Å². The summed E-state index contributed by atoms with van der Waals surface area (Å²) in [5.41, 5.74) is -0.0488. The fourth-order valence-corrected chi connectivity index (χ4v) is 4.44. The molecule has 3 aromatic heterocycles. The number of hydrogen-bond donors (Lipinski definition) is 2. The Morgan fingerprint density at radius 2 is 1.88 bits per heavy atom. The van der Waals surface area contributed by atoms with Gasteiger partial charge in [-0.3, -0.25) is 14.3 Å². The molecule has 13 nitrogen and oxygen atoms in total. The van der Waals surface area contributed by atoms with E-state index in [1.54, 1.807) is 0 Å². The first-order valence-corrected chi connectivity index (χ1v) is 12.1. The van der Waals surface area contributed by atoms with Crippen molar-refractivity contribution in [2.75, 3.05) is 5.32 Å². The van der Waals surface area contributed by atoms with E-state index >= 15 is 0 Å². The van der Waals surface area contributed by atoms with Gasteiger partial charge in [0.05, 0.1) is 11.9 Å². The van der Waals surface area contributed by atoms with Gasteiger partial charge < -0.3 is 10.6 Å². The Morgan fingerprint density at radius 3 is 2.50 bits per heavy atom. The summed E-state index contributed by atoms with van der Waals surface area (Å²) in [4.78, 5) is 26.0. The van der Waals surface area contributed by atoms with E-state index in [2.05, 4.69) is 46.2 Å². The lowest BCUT2D eigenvalue weighted by atomic mass is 9.81. The van der Waals surface area contributed by atoms with Crippen molar-refractivity contribution in [2.24, 2.45) is 5.92 Å². The van der Waals surface area contributed by atoms with Crippen LogP contribution in [0.15, 0.2) is 17.0 Å². The lowest BCUT2D eigenvalue weighted by molar-refractivity contribution is -0.121. The van der Waals surface area contributed by atoms with E-state index in [1.165, 1.54) is 6.92 Å². The molecule has 1 fully saturated rings. The van der Waals surface area contributed by atoms with Gasteiger partial charge in [-0.25, -0.2) is 35.7 Å². The summed E-state index contributed by atoms with van der Waals surface area (Å²) in [5, 5.41) is 26.2. The zero-order chi connectivity index (χ0) is 29.0. The molecule has 0 bridgehead atoms. The molecule has 0 aliphatic heterocycles. The van der Waals surface area contributed by atoms with Crippen molar-refractivity contribution in [2.45, 2.75) is 76.4 Å². The third-order valence-electron chi connectivity index (χ3n) is 6.43. The van der Waals surface area contributed by atoms with Crippen LogP contribution in [-0.2, 0) is 11.3 Å². The van der Waals surface area contributed by atoms with Gasteiger partial charge >= 0.3 is 0 Å². The number of tetrazole rings is 1. The summed E-state index contributed by atoms with van der Waals surface area (Å²) >= 11 is 0. The minimum atomic E-state index is -2.89. The molecule has 1 saturated carbocycles. The number of aromatic nitrogens is 8. The summed E-state index contributed by atoms with van der Waals surface area (Å²) in [7, 11) is 0. The van der Waals surface area contributed by atoms with Crippen molar-refractivity contribution in [1.29, 1.82) is 0 Å². The molecule has 2 atom stereocenters. The first kappa shape index (κ1) is 28.9. The molecule has 0 aromatic carbocycles. The monoisotopic (exact) mass is 578 g/mol. The summed E-state index contributed by atoms with van der Waals surface area (Å²) in [5.74, 6) is -5.45. The number of alkyl halides is 6. The molecular weight excluding hydrogens is 554 g/mol. The molecule has 1 unspecified atom stereocenters. The third-order valence-corrected chi connectivity index (χ3v) is 6.43. The van der Waals surface area contributed by atoms with Crippen LogP contribution in [0, 0.1) is 12.8 Å². The first-order chi connectivity index (χ1) is 18.9. The fraction of sp³-hybridized carbons (Fsp3) is 0.619. The molecule has 0 spiro atoms. The first-order valence-electron chi connectivity index (χ1n) is 12.1. The summed E-state index contributed by atoms with van der Waals surface area (Å²) in [6.45, 7) is 0.513. The van der Waals surface area contributed by atoms with Crippen molar-refractivity contribution in [3.05, 3.63) is 29.6 Å². The zero-order valence-corrected chi connectivity index (χ0v) is 20.9. The second kappa shape index (κ2) is 12.0. The van der Waals surface area contributed by atoms with Crippen molar-refractivity contribution >= 4 is 17.5 Å². The lowest BCUT2D eigenvalue weighted by Crippen LogP contribution is -2.50. The Hall–Kier alpha value is -4.06. The van der Waals surface area contributed by atoms with Crippen molar-refractivity contribution in [1.82, 2.24) is 45.6 Å². The molecule has 4 rings (SSSR count). The molecule has 19 heteroatoms. The largest absolute Gasteiger partial charge is 0.338 e. The molecule has 3 aromatic rings. The van der Waals surface area contributed by atoms with Gasteiger partial charge in [0, 0.05) is 25.5 Å². The number of hydrogen-bond acceptors (Lipinski definition) is 9. The van der Waals surface area contributed by atoms with E-state index in [0.29, 0.717) is 4.68 Å². The lowest BCUT2D eigenvalue weighted by Gasteiger charge is -2.33. The van der Waals surface area contributed by atoms with Gasteiger partial charge in [0.2, 0.25) is 18.3 Å². The van der Waals surface area contributed by atoms with Gasteiger partial charge in [0.1, 0.15) is 24.3 Å². The molecule has 0 saturated heterocycles. The highest BCUT2D eigenvalue weighted by Gasteiger charge is 2.41. The van der Waals surface area contributed by atoms with E-state index in [0.717, 1.165) is 17.1 Å². The van der Waals surface area contributed by atoms with Crippen molar-refractivity contribution in [3.8, 4) is 0 Å². The van der Waals surface area contributed by atoms with Crippen LogP contribution in [0.2, 0.25) is 0 Å². The van der Waals surface area contributed by atoms with E-state index in [4.69, 9.17) is 0 Å². The highest BCUT2D eigenvalue weighted by Crippen LogP contribution is 2.38. The number of carbonyl (C=O) groups excluding carboxylic acids is 2. The molecule has 1 aliphatic rings. The summed E-state index contributed by atoms with van der Waals surface area (Å²) in [6, 6.07) is -2.64. The number of nitrogens with zero attached hydrogens (tertiary/aromatic N) is 8. The second-order valence-electron chi connectivity index (χ2n) is 9.29. The number of amides is 2. The SMILES string of the molecule is Cc1nonc1C(=O)N[C@H](C(=O)Nc1cnn(C(CC(F)F)c2nnnn2CC(F)F)c1)C1CCC(F)(F)CC1. The smallest absolute Gasteiger partial charge is 0.276 e. The topological polar surface area (TPSA) is 159 Å². The Kier molecular flexibility index (Phi) is 8.67. The van der Waals surface area contributed by atoms with Crippen molar-refractivity contribution in [3.63, 3.8) is 0 Å². The average Bonchev–Trinajstić information content (AvgIpc) is 3.62. The molecule has 0 radical (unpaired) electrons. The van der Waals surface area contributed by atoms with Crippen LogP contribution < -0.4 is 10.6 Å². The third kappa shape index (κ3) is 6.92. The number of rotatable bonds is 11. The van der Waals surface area contributed by atoms with Crippen LogP contribution in [0.1, 0.15) is 60.2 Å². The van der Waals surface area contributed by atoms with Gasteiger partial charge in [-0.2, -0.15) is 5.10 Å². The quantitative estimate of drug-likeness (QED) is 0.326. The maximum atomic E-state index is 13.8. The van der Waals surface area contributed by atoms with Crippen LogP contribution in [0.4, 0.5) is 32.0 Å². The molecule has 2 N–H and O–H groups in total. The standard InChI is InChI=1S/C21H24F6N10O3/c1-10-16(33-40-32-10)19(38)30-17(11-2-4-21(26,27)5-3-11)20(39)29-12-7-28-36(8-12)13(6-14(22)23)18-31-34-35-37(18)9-15(24)25/h7-8,11,13-15,17H,2-6,9H2,1H3,(H,29,39)(H,30,38)/t13?,17-/m0/s1. The van der Waals surface area contributed by atoms with E-state index in [-0.39, 0.29) is 35.7 Å². The number of nitrogens with one attached hydrogen (secondary N) is 2. The maximum Gasteiger partial charge on any atom is 0.276 e. The Balaban J connectivity index is 1.54. The van der Waals surface area contributed by atoms with Gasteiger partial charge in [-0.1, -0.05) is 5.16 Å². The van der Waals surface area contributed by atoms with Gasteiger partial charge in [-0.05, 0) is 41.3 Å². The number of carbonyl (C=O) groups is 2. The van der Waals surface area contributed by atoms with Gasteiger partial charge in [0.15, 0.2) is 11.5 Å². The molecular formula is C21H24F6N10O3. The summed E-state index contributed by atoms with van der Waals surface area (Å²) < 4.78 is 86.3. The van der Waals surface area contributed by atoms with Gasteiger partial charge in [-0.15, -0.1) is 5.10 Å². The second-order valence-corrected chi connectivity index (χ2v) is 9.29. The Bertz CT molecular complexity index is 1300. The minimum absolute atomic E-state index is 0.00294. The van der Waals surface area contributed by atoms with Crippen molar-refractivity contribution < 1.29 is 40.6 Å². The number of halogens is 6. The molecule has 2 amide bonds. The molecule has 1 aliphatic carbocycles. The van der Waals surface area contributed by atoms with Gasteiger partial charge in [0.25, 0.3) is 12.3 Å². The number of anilines is 1. The summed E-state index contributed by atoms with van der Waals surface area (Å²) in [6.07, 6.45) is -5.45. The number of aryl methyl sites for hydroxylation is 1. The highest BCUT2D eigenvalue weighted by atomic mass is 19.3. The van der Waals surface area contributed by atoms with Crippen LogP contribution in [0.5, 0.6) is 0 Å². The van der Waals surface area contributed by atoms with E-state index in [1.807, 2.05) is 0 Å². The average molecular weight is 578 g/mol. The van der Waals surface area contributed by atoms with E-state index < -0.39 is 74.4 Å². The highest BCUT2D eigenvalue weighted by molar-refractivity contribution is 6.00. The zero-order valence-electron chi connectivity index (χ0n) is 20.9. The Morgan fingerprint density at radius 1 is 1.15 bits per heavy atom. The molecule has 218 valence electrons. The van der Waals surface area contributed by atoms with Crippen LogP contribution in [0.25, 0.3) is 0 Å². The fourth-order valence-electron chi connectivity index (χ4n) is 4.44. The molecule has 3 heterocycles. The van der Waals surface area contributed by atoms with Crippen LogP contribution >= 0.6 is 0 Å². The Labute approximate surface area is 221 Å². The predicted molar refractivity (Wildman–Crippen MR) is 121 cm³/mol. The molecule has 40 heavy (non-hydrogen) atoms. The van der Waals surface area contributed by atoms with E-state index in [9.17, 15) is 35.9 Å². The normalized spacial score (nSPS) is 17.2.